The van der Waals surface area contributed by atoms with Gasteiger partial charge in [0.2, 0.25) is 10.0 Å². The highest BCUT2D eigenvalue weighted by molar-refractivity contribution is 7.89. The molecule has 1 aromatic carbocycles. The van der Waals surface area contributed by atoms with E-state index in [0.29, 0.717) is 0 Å². The van der Waals surface area contributed by atoms with Crippen LogP contribution in [0.2, 0.25) is 10.2 Å². The first kappa shape index (κ1) is 19.0. The Hall–Kier alpha value is -1.74. The van der Waals surface area contributed by atoms with Crippen LogP contribution in [0.15, 0.2) is 41.4 Å². The normalized spacial score (nSPS) is 15.9. The standard InChI is InChI=1S/C16H14Cl2FN3O3S/c17-12-9-11(10-20-15(12)18)16(23)21-5-7-22(8-6-21)26(24,25)14-4-2-1-3-13(14)19/h1-4,9-10H,5-8H2. The fourth-order valence-electron chi connectivity index (χ4n) is 2.65. The highest BCUT2D eigenvalue weighted by Crippen LogP contribution is 2.23. The Labute approximate surface area is 160 Å². The van der Waals surface area contributed by atoms with Crippen molar-refractivity contribution in [2.24, 2.45) is 0 Å². The Morgan fingerprint density at radius 1 is 1.12 bits per heavy atom. The van der Waals surface area contributed by atoms with Crippen LogP contribution in [-0.4, -0.2) is 54.7 Å². The van der Waals surface area contributed by atoms with Gasteiger partial charge in [0.1, 0.15) is 15.9 Å². The lowest BCUT2D eigenvalue weighted by molar-refractivity contribution is 0.0697. The van der Waals surface area contributed by atoms with E-state index in [2.05, 4.69) is 4.98 Å². The molecule has 0 saturated carbocycles. The Balaban J connectivity index is 1.72. The molecule has 1 aliphatic heterocycles. The molecule has 0 aliphatic carbocycles. The fourth-order valence-corrected chi connectivity index (χ4v) is 4.40. The molecule has 0 radical (unpaired) electrons. The van der Waals surface area contributed by atoms with E-state index in [1.165, 1.54) is 39.7 Å². The average Bonchev–Trinajstić information content (AvgIpc) is 2.63. The van der Waals surface area contributed by atoms with Crippen LogP contribution in [0.25, 0.3) is 0 Å². The largest absolute Gasteiger partial charge is 0.336 e. The van der Waals surface area contributed by atoms with Gasteiger partial charge in [0, 0.05) is 32.4 Å². The Morgan fingerprint density at radius 2 is 1.77 bits per heavy atom. The predicted molar refractivity (Wildman–Crippen MR) is 95.3 cm³/mol. The average molecular weight is 418 g/mol. The van der Waals surface area contributed by atoms with E-state index in [0.717, 1.165) is 6.07 Å². The van der Waals surface area contributed by atoms with E-state index in [-0.39, 0.29) is 52.7 Å². The third-order valence-electron chi connectivity index (χ3n) is 4.02. The zero-order valence-corrected chi connectivity index (χ0v) is 15.7. The van der Waals surface area contributed by atoms with E-state index in [1.807, 2.05) is 0 Å². The van der Waals surface area contributed by atoms with Crippen LogP contribution in [0.3, 0.4) is 0 Å². The van der Waals surface area contributed by atoms with E-state index in [1.54, 1.807) is 0 Å². The molecular weight excluding hydrogens is 404 g/mol. The van der Waals surface area contributed by atoms with Crippen molar-refractivity contribution in [3.63, 3.8) is 0 Å². The van der Waals surface area contributed by atoms with E-state index >= 15 is 0 Å². The zero-order chi connectivity index (χ0) is 18.9. The molecule has 0 unspecified atom stereocenters. The highest BCUT2D eigenvalue weighted by atomic mass is 35.5. The fraction of sp³-hybridized carbons (Fsp3) is 0.250. The molecule has 1 aliphatic rings. The molecule has 1 fully saturated rings. The van der Waals surface area contributed by atoms with Crippen LogP contribution in [0.4, 0.5) is 4.39 Å². The number of amides is 1. The number of rotatable bonds is 3. The number of benzene rings is 1. The Morgan fingerprint density at radius 3 is 2.38 bits per heavy atom. The first-order valence-corrected chi connectivity index (χ1v) is 9.85. The van der Waals surface area contributed by atoms with Gasteiger partial charge in [-0.1, -0.05) is 35.3 Å². The summed E-state index contributed by atoms with van der Waals surface area (Å²) in [7, 11) is -3.95. The van der Waals surface area contributed by atoms with Gasteiger partial charge in [-0.05, 0) is 18.2 Å². The maximum atomic E-state index is 13.8. The van der Waals surface area contributed by atoms with Gasteiger partial charge < -0.3 is 4.90 Å². The van der Waals surface area contributed by atoms with Crippen LogP contribution < -0.4 is 0 Å². The lowest BCUT2D eigenvalue weighted by Crippen LogP contribution is -2.50. The summed E-state index contributed by atoms with van der Waals surface area (Å²) in [5, 5.41) is 0.266. The molecule has 3 rings (SSSR count). The van der Waals surface area contributed by atoms with Crippen molar-refractivity contribution in [2.45, 2.75) is 4.90 Å². The smallest absolute Gasteiger partial charge is 0.255 e. The van der Waals surface area contributed by atoms with Gasteiger partial charge in [0.15, 0.2) is 0 Å². The minimum Gasteiger partial charge on any atom is -0.336 e. The van der Waals surface area contributed by atoms with Crippen molar-refractivity contribution in [1.29, 1.82) is 0 Å². The van der Waals surface area contributed by atoms with Crippen molar-refractivity contribution in [3.05, 3.63) is 58.1 Å². The first-order chi connectivity index (χ1) is 12.3. The molecule has 1 saturated heterocycles. The molecule has 0 N–H and O–H groups in total. The third kappa shape index (κ3) is 3.68. The molecule has 138 valence electrons. The molecular formula is C16H14Cl2FN3O3S. The maximum absolute atomic E-state index is 13.8. The second-order valence-electron chi connectivity index (χ2n) is 5.62. The summed E-state index contributed by atoms with van der Waals surface area (Å²) in [6, 6.07) is 6.64. The molecule has 0 atom stereocenters. The van der Waals surface area contributed by atoms with Crippen molar-refractivity contribution < 1.29 is 17.6 Å². The molecule has 0 spiro atoms. The van der Waals surface area contributed by atoms with Crippen molar-refractivity contribution in [3.8, 4) is 0 Å². The van der Waals surface area contributed by atoms with Crippen molar-refractivity contribution in [2.75, 3.05) is 26.2 Å². The van der Waals surface area contributed by atoms with Gasteiger partial charge in [-0.25, -0.2) is 17.8 Å². The summed E-state index contributed by atoms with van der Waals surface area (Å²) >= 11 is 11.6. The van der Waals surface area contributed by atoms with Crippen LogP contribution in [-0.2, 0) is 10.0 Å². The van der Waals surface area contributed by atoms with Gasteiger partial charge in [-0.3, -0.25) is 4.79 Å². The van der Waals surface area contributed by atoms with Crippen LogP contribution in [0.1, 0.15) is 10.4 Å². The van der Waals surface area contributed by atoms with Gasteiger partial charge >= 0.3 is 0 Å². The minimum absolute atomic E-state index is 0.0666. The Kier molecular flexibility index (Phi) is 5.47. The number of pyridine rings is 1. The quantitative estimate of drug-likeness (QED) is 0.719. The number of halogens is 3. The van der Waals surface area contributed by atoms with E-state index in [4.69, 9.17) is 23.2 Å². The predicted octanol–water partition coefficient (Wildman–Crippen LogP) is 2.67. The van der Waals surface area contributed by atoms with Crippen molar-refractivity contribution in [1.82, 2.24) is 14.2 Å². The zero-order valence-electron chi connectivity index (χ0n) is 13.4. The summed E-state index contributed by atoms with van der Waals surface area (Å²) in [6.07, 6.45) is 1.32. The SMILES string of the molecule is O=C(c1cnc(Cl)c(Cl)c1)N1CCN(S(=O)(=O)c2ccccc2F)CC1. The number of carbonyl (C=O) groups excluding carboxylic acids is 1. The number of nitrogens with zero attached hydrogens (tertiary/aromatic N) is 3. The molecule has 2 heterocycles. The van der Waals surface area contributed by atoms with Gasteiger partial charge in [-0.2, -0.15) is 4.31 Å². The number of sulfonamides is 1. The Bertz CT molecular complexity index is 948. The molecule has 10 heteroatoms. The van der Waals surface area contributed by atoms with Crippen LogP contribution in [0, 0.1) is 5.82 Å². The molecule has 1 amide bonds. The number of piperazine rings is 1. The van der Waals surface area contributed by atoms with Gasteiger partial charge in [0.25, 0.3) is 5.91 Å². The first-order valence-electron chi connectivity index (χ1n) is 7.65. The number of hydrogen-bond acceptors (Lipinski definition) is 4. The second kappa shape index (κ2) is 7.48. The van der Waals surface area contributed by atoms with E-state index < -0.39 is 15.8 Å². The van der Waals surface area contributed by atoms with Crippen LogP contribution >= 0.6 is 23.2 Å². The molecule has 2 aromatic rings. The number of hydrogen-bond donors (Lipinski definition) is 0. The molecule has 1 aromatic heterocycles. The van der Waals surface area contributed by atoms with Crippen LogP contribution in [0.5, 0.6) is 0 Å². The van der Waals surface area contributed by atoms with Gasteiger partial charge in [0.05, 0.1) is 10.6 Å². The molecule has 6 nitrogen and oxygen atoms in total. The lowest BCUT2D eigenvalue weighted by Gasteiger charge is -2.34. The summed E-state index contributed by atoms with van der Waals surface area (Å²) < 4.78 is 40.2. The highest BCUT2D eigenvalue weighted by Gasteiger charge is 2.32. The summed E-state index contributed by atoms with van der Waals surface area (Å²) in [5.74, 6) is -1.12. The maximum Gasteiger partial charge on any atom is 0.255 e. The third-order valence-corrected chi connectivity index (χ3v) is 6.64. The second-order valence-corrected chi connectivity index (χ2v) is 8.29. The number of aromatic nitrogens is 1. The molecule has 26 heavy (non-hydrogen) atoms. The summed E-state index contributed by atoms with van der Waals surface area (Å²) in [6.45, 7) is 0.480. The number of carbonyl (C=O) groups is 1. The van der Waals surface area contributed by atoms with Gasteiger partial charge in [-0.15, -0.1) is 0 Å². The topological polar surface area (TPSA) is 70.6 Å². The molecule has 0 bridgehead atoms. The monoisotopic (exact) mass is 417 g/mol. The van der Waals surface area contributed by atoms with Crippen molar-refractivity contribution >= 4 is 39.1 Å². The summed E-state index contributed by atoms with van der Waals surface area (Å²) in [5.41, 5.74) is 0.268. The minimum atomic E-state index is -3.95. The van der Waals surface area contributed by atoms with E-state index in [9.17, 15) is 17.6 Å². The summed E-state index contributed by atoms with van der Waals surface area (Å²) in [4.78, 5) is 17.5. The lowest BCUT2D eigenvalue weighted by atomic mass is 10.2.